The molecule has 1 nitrogen and oxygen atoms in total. The van der Waals surface area contributed by atoms with Crippen LogP contribution in [0.5, 0.6) is 0 Å². The van der Waals surface area contributed by atoms with Crippen molar-refractivity contribution < 1.29 is 0 Å². The monoisotopic (exact) mass is 703 g/mol. The highest BCUT2D eigenvalue weighted by atomic mass is 32.1. The summed E-state index contributed by atoms with van der Waals surface area (Å²) in [6, 6.07) is 73.4. The first kappa shape index (κ1) is 30.8. The lowest BCUT2D eigenvalue weighted by atomic mass is 9.94. The Morgan fingerprint density at radius 2 is 0.778 bits per heavy atom. The Morgan fingerprint density at radius 3 is 1.50 bits per heavy atom. The maximum atomic E-state index is 2.39. The van der Waals surface area contributed by atoms with Gasteiger partial charge in [-0.2, -0.15) is 0 Å². The molecule has 0 spiro atoms. The molecule has 2 heteroatoms. The molecular formula is C52H33NS. The van der Waals surface area contributed by atoms with Gasteiger partial charge in [-0.25, -0.2) is 0 Å². The first-order chi connectivity index (χ1) is 26.7. The zero-order chi connectivity index (χ0) is 35.6. The van der Waals surface area contributed by atoms with E-state index in [1.54, 1.807) is 0 Å². The molecule has 11 rings (SSSR count). The second kappa shape index (κ2) is 12.4. The van der Waals surface area contributed by atoms with Gasteiger partial charge in [0.1, 0.15) is 0 Å². The first-order valence-corrected chi connectivity index (χ1v) is 19.3. The SMILES string of the molecule is c1ccc(-c2ccc(N(c3ccc(-c4ccc5c(ccc6ccc7ccccc7c65)c4)cc3)c3ccc4c(c3)sc3ccc5ccccc5c34)cc2)cc1. The summed E-state index contributed by atoms with van der Waals surface area (Å²) in [4.78, 5) is 2.39. The van der Waals surface area contributed by atoms with Crippen molar-refractivity contribution in [3.05, 3.63) is 200 Å². The predicted molar refractivity (Wildman–Crippen MR) is 235 cm³/mol. The van der Waals surface area contributed by atoms with Gasteiger partial charge < -0.3 is 4.90 Å². The van der Waals surface area contributed by atoms with Crippen LogP contribution in [0, 0.1) is 0 Å². The van der Waals surface area contributed by atoms with Crippen LogP contribution in [0.25, 0.3) is 85.5 Å². The molecule has 54 heavy (non-hydrogen) atoms. The van der Waals surface area contributed by atoms with Crippen LogP contribution in [-0.2, 0) is 0 Å². The van der Waals surface area contributed by atoms with E-state index in [1.807, 2.05) is 11.3 Å². The number of hydrogen-bond donors (Lipinski definition) is 0. The van der Waals surface area contributed by atoms with Crippen molar-refractivity contribution in [1.29, 1.82) is 0 Å². The molecule has 0 atom stereocenters. The lowest BCUT2D eigenvalue weighted by molar-refractivity contribution is 1.29. The van der Waals surface area contributed by atoms with Gasteiger partial charge >= 0.3 is 0 Å². The van der Waals surface area contributed by atoms with Gasteiger partial charge in [-0.05, 0) is 114 Å². The third-order valence-electron chi connectivity index (χ3n) is 11.0. The minimum Gasteiger partial charge on any atom is -0.310 e. The number of thiophene rings is 1. The molecule has 0 aliphatic carbocycles. The maximum Gasteiger partial charge on any atom is 0.0476 e. The largest absolute Gasteiger partial charge is 0.310 e. The molecule has 0 saturated heterocycles. The fourth-order valence-electron chi connectivity index (χ4n) is 8.37. The Kier molecular flexibility index (Phi) is 7.11. The summed E-state index contributed by atoms with van der Waals surface area (Å²) in [6.45, 7) is 0. The van der Waals surface area contributed by atoms with E-state index in [1.165, 1.54) is 85.5 Å². The quantitative estimate of drug-likeness (QED) is 0.161. The number of hydrogen-bond acceptors (Lipinski definition) is 2. The number of rotatable bonds is 5. The van der Waals surface area contributed by atoms with Gasteiger partial charge in [0.15, 0.2) is 0 Å². The zero-order valence-corrected chi connectivity index (χ0v) is 30.2. The van der Waals surface area contributed by atoms with Gasteiger partial charge in [0.25, 0.3) is 0 Å². The van der Waals surface area contributed by atoms with E-state index in [2.05, 4.69) is 205 Å². The second-order valence-corrected chi connectivity index (χ2v) is 15.2. The summed E-state index contributed by atoms with van der Waals surface area (Å²) in [6.07, 6.45) is 0. The zero-order valence-electron chi connectivity index (χ0n) is 29.4. The van der Waals surface area contributed by atoms with E-state index in [4.69, 9.17) is 0 Å². The Balaban J connectivity index is 1.01. The average molecular weight is 704 g/mol. The summed E-state index contributed by atoms with van der Waals surface area (Å²) in [5, 5.41) is 13.0. The van der Waals surface area contributed by atoms with Crippen LogP contribution in [0.3, 0.4) is 0 Å². The highest BCUT2D eigenvalue weighted by Gasteiger charge is 2.17. The summed E-state index contributed by atoms with van der Waals surface area (Å²) in [5.41, 5.74) is 8.22. The Morgan fingerprint density at radius 1 is 0.278 bits per heavy atom. The molecule has 11 aromatic rings. The van der Waals surface area contributed by atoms with Crippen LogP contribution < -0.4 is 4.90 Å². The molecule has 0 aliphatic heterocycles. The van der Waals surface area contributed by atoms with E-state index < -0.39 is 0 Å². The number of fused-ring (bicyclic) bond motifs is 10. The third-order valence-corrected chi connectivity index (χ3v) is 12.1. The smallest absolute Gasteiger partial charge is 0.0476 e. The molecule has 0 saturated carbocycles. The van der Waals surface area contributed by atoms with Crippen LogP contribution in [0.1, 0.15) is 0 Å². The van der Waals surface area contributed by atoms with Gasteiger partial charge in [0.2, 0.25) is 0 Å². The summed E-state index contributed by atoms with van der Waals surface area (Å²) >= 11 is 1.87. The molecule has 0 fully saturated rings. The maximum absolute atomic E-state index is 2.39. The fraction of sp³-hybridized carbons (Fsp3) is 0. The van der Waals surface area contributed by atoms with E-state index in [0.717, 1.165) is 17.1 Å². The number of benzene rings is 10. The van der Waals surface area contributed by atoms with Crippen LogP contribution in [0.15, 0.2) is 200 Å². The molecule has 0 unspecified atom stereocenters. The molecular weight excluding hydrogens is 671 g/mol. The van der Waals surface area contributed by atoms with Crippen LogP contribution in [0.4, 0.5) is 17.1 Å². The van der Waals surface area contributed by atoms with Crippen molar-refractivity contribution in [1.82, 2.24) is 0 Å². The van der Waals surface area contributed by atoms with Crippen molar-refractivity contribution in [3.8, 4) is 22.3 Å². The van der Waals surface area contributed by atoms with Gasteiger partial charge in [-0.3, -0.25) is 0 Å². The molecule has 1 aromatic heterocycles. The highest BCUT2D eigenvalue weighted by Crippen LogP contribution is 2.43. The van der Waals surface area contributed by atoms with Gasteiger partial charge in [-0.15, -0.1) is 11.3 Å². The molecule has 0 N–H and O–H groups in total. The van der Waals surface area contributed by atoms with E-state index in [0.29, 0.717) is 0 Å². The van der Waals surface area contributed by atoms with Crippen LogP contribution >= 0.6 is 11.3 Å². The van der Waals surface area contributed by atoms with E-state index in [-0.39, 0.29) is 0 Å². The van der Waals surface area contributed by atoms with Gasteiger partial charge in [-0.1, -0.05) is 152 Å². The van der Waals surface area contributed by atoms with E-state index >= 15 is 0 Å². The minimum atomic E-state index is 1.12. The standard InChI is InChI=1S/C52H33NS/c1-2-8-34(9-3-1)35-18-24-42(25-19-35)53(44-28-30-48-50(33-44)54-49-31-23-38-11-5-7-13-46(38)52(48)49)43-26-20-36(21-27-43)40-22-29-47-41(32-40)17-16-39-15-14-37-10-4-6-12-45(37)51(39)47/h1-33H. The molecule has 10 aromatic carbocycles. The first-order valence-electron chi connectivity index (χ1n) is 18.5. The van der Waals surface area contributed by atoms with Crippen molar-refractivity contribution in [3.63, 3.8) is 0 Å². The number of anilines is 3. The molecule has 1 heterocycles. The second-order valence-electron chi connectivity index (χ2n) is 14.1. The molecule has 0 aliphatic rings. The fourth-order valence-corrected chi connectivity index (χ4v) is 9.53. The molecule has 0 bridgehead atoms. The molecule has 252 valence electrons. The minimum absolute atomic E-state index is 1.12. The van der Waals surface area contributed by atoms with Gasteiger partial charge in [0.05, 0.1) is 0 Å². The lowest BCUT2D eigenvalue weighted by Gasteiger charge is -2.26. The topological polar surface area (TPSA) is 3.24 Å². The van der Waals surface area contributed by atoms with Gasteiger partial charge in [0, 0.05) is 37.2 Å². The predicted octanol–water partition coefficient (Wildman–Crippen LogP) is 15.5. The Hall–Kier alpha value is -6.74. The van der Waals surface area contributed by atoms with Crippen LogP contribution in [0.2, 0.25) is 0 Å². The van der Waals surface area contributed by atoms with Crippen molar-refractivity contribution >= 4 is 91.7 Å². The van der Waals surface area contributed by atoms with Crippen molar-refractivity contribution in [2.45, 2.75) is 0 Å². The highest BCUT2D eigenvalue weighted by molar-refractivity contribution is 7.26. The summed E-state index contributed by atoms with van der Waals surface area (Å²) < 4.78 is 2.61. The molecule has 0 radical (unpaired) electrons. The molecule has 0 amide bonds. The van der Waals surface area contributed by atoms with Crippen LogP contribution in [-0.4, -0.2) is 0 Å². The lowest BCUT2D eigenvalue weighted by Crippen LogP contribution is -2.09. The summed E-state index contributed by atoms with van der Waals surface area (Å²) in [5.74, 6) is 0. The van der Waals surface area contributed by atoms with Crippen molar-refractivity contribution in [2.24, 2.45) is 0 Å². The number of nitrogens with zero attached hydrogens (tertiary/aromatic N) is 1. The Labute approximate surface area is 317 Å². The summed E-state index contributed by atoms with van der Waals surface area (Å²) in [7, 11) is 0. The van der Waals surface area contributed by atoms with E-state index in [9.17, 15) is 0 Å². The average Bonchev–Trinajstić information content (AvgIpc) is 3.63. The normalized spacial score (nSPS) is 11.7. The Bertz CT molecular complexity index is 3190. The third kappa shape index (κ3) is 5.07. The van der Waals surface area contributed by atoms with Crippen molar-refractivity contribution in [2.75, 3.05) is 4.90 Å².